The number of nitrogens with two attached hydrogens (primary N) is 1. The fourth-order valence-corrected chi connectivity index (χ4v) is 2.70. The van der Waals surface area contributed by atoms with Gasteiger partial charge in [0.1, 0.15) is 12.4 Å². The molecule has 0 bridgehead atoms. The minimum absolute atomic E-state index is 0.0341. The first-order valence-corrected chi connectivity index (χ1v) is 7.27. The molecule has 1 aliphatic carbocycles. The molecule has 2 atom stereocenters. The van der Waals surface area contributed by atoms with Crippen LogP contribution in [0.15, 0.2) is 54.6 Å². The average Bonchev–Trinajstić information content (AvgIpc) is 3.20. The van der Waals surface area contributed by atoms with Crippen molar-refractivity contribution in [3.8, 4) is 5.75 Å². The molecule has 0 spiro atoms. The molecule has 3 rings (SSSR count). The first-order chi connectivity index (χ1) is 9.71. The van der Waals surface area contributed by atoms with E-state index in [0.29, 0.717) is 12.5 Å². The molecule has 0 unspecified atom stereocenters. The summed E-state index contributed by atoms with van der Waals surface area (Å²) in [4.78, 5) is 0. The van der Waals surface area contributed by atoms with E-state index in [-0.39, 0.29) is 5.54 Å². The van der Waals surface area contributed by atoms with Gasteiger partial charge in [0.25, 0.3) is 0 Å². The number of hydrogen-bond donors (Lipinski definition) is 1. The highest BCUT2D eigenvalue weighted by atomic mass is 16.5. The van der Waals surface area contributed by atoms with E-state index in [1.54, 1.807) is 0 Å². The van der Waals surface area contributed by atoms with Crippen molar-refractivity contribution in [2.45, 2.75) is 37.8 Å². The highest BCUT2D eigenvalue weighted by Gasteiger charge is 2.49. The first-order valence-electron chi connectivity index (χ1n) is 7.27. The summed E-state index contributed by atoms with van der Waals surface area (Å²) in [6, 6.07) is 18.6. The van der Waals surface area contributed by atoms with Gasteiger partial charge in [-0.05, 0) is 36.1 Å². The Hall–Kier alpha value is -1.80. The third-order valence-corrected chi connectivity index (χ3v) is 4.31. The standard InChI is InChI=1S/C18H21NO/c1-2-18(19)12-17(18)15-8-10-16(11-9-15)20-13-14-6-4-3-5-7-14/h3-11,17H,2,12-13,19H2,1H3/t17-,18-/m1/s1. The van der Waals surface area contributed by atoms with E-state index in [1.165, 1.54) is 11.1 Å². The minimum Gasteiger partial charge on any atom is -0.489 e. The molecule has 0 aromatic heterocycles. The van der Waals surface area contributed by atoms with Crippen molar-refractivity contribution < 1.29 is 4.74 Å². The molecular formula is C18H21NO. The Bertz CT molecular complexity index is 564. The molecule has 1 fully saturated rings. The summed E-state index contributed by atoms with van der Waals surface area (Å²) in [5.74, 6) is 1.44. The lowest BCUT2D eigenvalue weighted by Gasteiger charge is -2.10. The van der Waals surface area contributed by atoms with E-state index in [2.05, 4.69) is 31.2 Å². The quantitative estimate of drug-likeness (QED) is 0.892. The molecule has 0 saturated heterocycles. The largest absolute Gasteiger partial charge is 0.489 e. The van der Waals surface area contributed by atoms with Crippen molar-refractivity contribution >= 4 is 0 Å². The van der Waals surface area contributed by atoms with Crippen LogP contribution in [0.4, 0.5) is 0 Å². The second-order valence-electron chi connectivity index (χ2n) is 5.69. The third-order valence-electron chi connectivity index (χ3n) is 4.31. The van der Waals surface area contributed by atoms with Crippen LogP contribution in [-0.4, -0.2) is 5.54 Å². The highest BCUT2D eigenvalue weighted by Crippen LogP contribution is 2.51. The minimum atomic E-state index is 0.0341. The van der Waals surface area contributed by atoms with Gasteiger partial charge in [0.15, 0.2) is 0 Å². The molecular weight excluding hydrogens is 246 g/mol. The predicted molar refractivity (Wildman–Crippen MR) is 81.8 cm³/mol. The van der Waals surface area contributed by atoms with Gasteiger partial charge in [0.05, 0.1) is 0 Å². The Morgan fingerprint density at radius 1 is 1.10 bits per heavy atom. The number of hydrogen-bond acceptors (Lipinski definition) is 2. The fourth-order valence-electron chi connectivity index (χ4n) is 2.70. The second-order valence-corrected chi connectivity index (χ2v) is 5.69. The maximum atomic E-state index is 6.26. The van der Waals surface area contributed by atoms with E-state index >= 15 is 0 Å². The molecule has 1 saturated carbocycles. The lowest BCUT2D eigenvalue weighted by atomic mass is 10.0. The Balaban J connectivity index is 1.60. The average molecular weight is 267 g/mol. The topological polar surface area (TPSA) is 35.2 Å². The summed E-state index contributed by atoms with van der Waals surface area (Å²) < 4.78 is 5.79. The summed E-state index contributed by atoms with van der Waals surface area (Å²) in [7, 11) is 0. The van der Waals surface area contributed by atoms with Crippen molar-refractivity contribution in [1.82, 2.24) is 0 Å². The Kier molecular flexibility index (Phi) is 3.49. The molecule has 2 nitrogen and oxygen atoms in total. The van der Waals surface area contributed by atoms with Crippen LogP contribution in [0.2, 0.25) is 0 Å². The summed E-state index contributed by atoms with van der Waals surface area (Å²) in [6.45, 7) is 2.77. The van der Waals surface area contributed by atoms with Crippen LogP contribution in [0.25, 0.3) is 0 Å². The van der Waals surface area contributed by atoms with Gasteiger partial charge in [0, 0.05) is 11.5 Å². The summed E-state index contributed by atoms with van der Waals surface area (Å²) in [6.07, 6.45) is 2.15. The monoisotopic (exact) mass is 267 g/mol. The smallest absolute Gasteiger partial charge is 0.119 e. The van der Waals surface area contributed by atoms with E-state index in [1.807, 2.05) is 30.3 Å². The predicted octanol–water partition coefficient (Wildman–Crippen LogP) is 3.86. The van der Waals surface area contributed by atoms with Crippen LogP contribution in [0.1, 0.15) is 36.8 Å². The van der Waals surface area contributed by atoms with Gasteiger partial charge in [-0.1, -0.05) is 49.4 Å². The van der Waals surface area contributed by atoms with Gasteiger partial charge in [-0.25, -0.2) is 0 Å². The van der Waals surface area contributed by atoms with Crippen LogP contribution in [-0.2, 0) is 6.61 Å². The van der Waals surface area contributed by atoms with Gasteiger partial charge < -0.3 is 10.5 Å². The zero-order chi connectivity index (χ0) is 14.0. The Labute approximate surface area is 120 Å². The summed E-state index contributed by atoms with van der Waals surface area (Å²) in [5, 5.41) is 0. The molecule has 20 heavy (non-hydrogen) atoms. The third kappa shape index (κ3) is 2.70. The van der Waals surface area contributed by atoms with Crippen molar-refractivity contribution in [1.29, 1.82) is 0 Å². The van der Waals surface area contributed by atoms with Gasteiger partial charge >= 0.3 is 0 Å². The van der Waals surface area contributed by atoms with Crippen LogP contribution in [0.5, 0.6) is 5.75 Å². The normalized spacial score (nSPS) is 24.4. The van der Waals surface area contributed by atoms with Crippen molar-refractivity contribution in [3.05, 3.63) is 65.7 Å². The highest BCUT2D eigenvalue weighted by molar-refractivity contribution is 5.36. The number of benzene rings is 2. The lowest BCUT2D eigenvalue weighted by molar-refractivity contribution is 0.306. The Morgan fingerprint density at radius 2 is 1.80 bits per heavy atom. The maximum Gasteiger partial charge on any atom is 0.119 e. The Morgan fingerprint density at radius 3 is 2.40 bits per heavy atom. The molecule has 0 heterocycles. The van der Waals surface area contributed by atoms with Crippen LogP contribution in [0.3, 0.4) is 0 Å². The van der Waals surface area contributed by atoms with Crippen molar-refractivity contribution in [2.75, 3.05) is 0 Å². The molecule has 104 valence electrons. The molecule has 2 aromatic carbocycles. The van der Waals surface area contributed by atoms with Gasteiger partial charge in [-0.15, -0.1) is 0 Å². The van der Waals surface area contributed by atoms with E-state index in [9.17, 15) is 0 Å². The van der Waals surface area contributed by atoms with E-state index < -0.39 is 0 Å². The zero-order valence-electron chi connectivity index (χ0n) is 11.9. The fraction of sp³-hybridized carbons (Fsp3) is 0.333. The van der Waals surface area contributed by atoms with Crippen LogP contribution >= 0.6 is 0 Å². The van der Waals surface area contributed by atoms with Crippen LogP contribution in [0, 0.1) is 0 Å². The molecule has 1 aliphatic rings. The molecule has 0 radical (unpaired) electrons. The lowest BCUT2D eigenvalue weighted by Crippen LogP contribution is -2.22. The van der Waals surface area contributed by atoms with Gasteiger partial charge in [-0.3, -0.25) is 0 Å². The zero-order valence-corrected chi connectivity index (χ0v) is 11.9. The van der Waals surface area contributed by atoms with Crippen LogP contribution < -0.4 is 10.5 Å². The molecule has 0 aliphatic heterocycles. The summed E-state index contributed by atoms with van der Waals surface area (Å²) >= 11 is 0. The number of rotatable bonds is 5. The molecule has 2 N–H and O–H groups in total. The SMILES string of the molecule is CC[C@@]1(N)C[C@@H]1c1ccc(OCc2ccccc2)cc1. The number of ether oxygens (including phenoxy) is 1. The molecule has 2 heteroatoms. The van der Waals surface area contributed by atoms with E-state index in [0.717, 1.165) is 18.6 Å². The maximum absolute atomic E-state index is 6.26. The second kappa shape index (κ2) is 5.29. The van der Waals surface area contributed by atoms with Gasteiger partial charge in [-0.2, -0.15) is 0 Å². The van der Waals surface area contributed by atoms with Crippen molar-refractivity contribution in [3.63, 3.8) is 0 Å². The molecule has 2 aromatic rings. The molecule has 0 amide bonds. The first kappa shape index (κ1) is 13.2. The van der Waals surface area contributed by atoms with Gasteiger partial charge in [0.2, 0.25) is 0 Å². The van der Waals surface area contributed by atoms with Crippen molar-refractivity contribution in [2.24, 2.45) is 5.73 Å². The van der Waals surface area contributed by atoms with E-state index in [4.69, 9.17) is 10.5 Å². The summed E-state index contributed by atoms with van der Waals surface area (Å²) in [5.41, 5.74) is 8.82.